The Kier molecular flexibility index (Phi) is 6.46. The van der Waals surface area contributed by atoms with Gasteiger partial charge in [-0.3, -0.25) is 4.90 Å². The third-order valence-electron chi connectivity index (χ3n) is 4.47. The van der Waals surface area contributed by atoms with Crippen molar-refractivity contribution in [2.75, 3.05) is 7.11 Å². The van der Waals surface area contributed by atoms with E-state index in [0.717, 1.165) is 6.42 Å². The molecule has 0 N–H and O–H groups in total. The molecule has 1 aromatic carbocycles. The van der Waals surface area contributed by atoms with E-state index in [1.54, 1.807) is 4.90 Å². The maximum absolute atomic E-state index is 12.8. The molecule has 26 heavy (non-hydrogen) atoms. The van der Waals surface area contributed by atoms with Crippen LogP contribution in [0.4, 0.5) is 4.79 Å². The average molecular weight is 359 g/mol. The van der Waals surface area contributed by atoms with E-state index in [1.807, 2.05) is 58.0 Å². The fraction of sp³-hybridized carbons (Fsp3) is 0.524. The van der Waals surface area contributed by atoms with Crippen LogP contribution in [0.2, 0.25) is 0 Å². The standard InChI is InChI=1S/C21H29NO4/c1-6-10-17-16(13-15-11-8-7-9-12-15)14-18(19(23)25-5)22(17)20(24)26-21(2,3)4/h6-12,16-18H,13-14H2,1-5H3/b10-6-/t16-,17-,18+/m1/s1. The second-order valence-electron chi connectivity index (χ2n) is 7.63. The van der Waals surface area contributed by atoms with Gasteiger partial charge in [0.25, 0.3) is 0 Å². The SMILES string of the molecule is C/C=C\[C@@H]1[C@H](Cc2ccccc2)C[C@@H](C(=O)OC)N1C(=O)OC(C)(C)C. The van der Waals surface area contributed by atoms with Gasteiger partial charge >= 0.3 is 12.1 Å². The van der Waals surface area contributed by atoms with Crippen LogP contribution in [-0.4, -0.2) is 41.8 Å². The summed E-state index contributed by atoms with van der Waals surface area (Å²) in [6.07, 6.45) is 4.74. The lowest BCUT2D eigenvalue weighted by Gasteiger charge is -2.31. The third kappa shape index (κ3) is 4.87. The van der Waals surface area contributed by atoms with Crippen molar-refractivity contribution in [3.05, 3.63) is 48.0 Å². The maximum atomic E-state index is 12.8. The molecule has 1 fully saturated rings. The summed E-state index contributed by atoms with van der Waals surface area (Å²) in [5.41, 5.74) is 0.553. The molecule has 5 heteroatoms. The molecule has 1 heterocycles. The quantitative estimate of drug-likeness (QED) is 0.603. The molecular weight excluding hydrogens is 330 g/mol. The van der Waals surface area contributed by atoms with Crippen LogP contribution in [0.3, 0.4) is 0 Å². The van der Waals surface area contributed by atoms with Crippen LogP contribution in [0, 0.1) is 5.92 Å². The maximum Gasteiger partial charge on any atom is 0.411 e. The van der Waals surface area contributed by atoms with Gasteiger partial charge in [-0.15, -0.1) is 0 Å². The first-order valence-corrected chi connectivity index (χ1v) is 9.02. The smallest absolute Gasteiger partial charge is 0.411 e. The Morgan fingerprint density at radius 1 is 1.23 bits per heavy atom. The van der Waals surface area contributed by atoms with Crippen molar-refractivity contribution in [3.63, 3.8) is 0 Å². The number of methoxy groups -OCH3 is 1. The number of carbonyl (C=O) groups is 2. The molecular formula is C21H29NO4. The molecule has 2 rings (SSSR count). The van der Waals surface area contributed by atoms with Crippen molar-refractivity contribution >= 4 is 12.1 Å². The van der Waals surface area contributed by atoms with Gasteiger partial charge in [0.05, 0.1) is 13.2 Å². The zero-order chi connectivity index (χ0) is 19.3. The lowest BCUT2D eigenvalue weighted by Crippen LogP contribution is -2.47. The molecule has 0 bridgehead atoms. The van der Waals surface area contributed by atoms with Gasteiger partial charge in [-0.05, 0) is 52.0 Å². The number of allylic oxidation sites excluding steroid dienone is 1. The number of hydrogen-bond acceptors (Lipinski definition) is 4. The van der Waals surface area contributed by atoms with Crippen LogP contribution in [0.15, 0.2) is 42.5 Å². The van der Waals surface area contributed by atoms with E-state index in [0.29, 0.717) is 6.42 Å². The van der Waals surface area contributed by atoms with E-state index >= 15 is 0 Å². The molecule has 5 nitrogen and oxygen atoms in total. The number of nitrogens with zero attached hydrogens (tertiary/aromatic N) is 1. The predicted molar refractivity (Wildman–Crippen MR) is 101 cm³/mol. The first-order valence-electron chi connectivity index (χ1n) is 9.02. The Labute approximate surface area is 156 Å². The number of hydrogen-bond donors (Lipinski definition) is 0. The number of esters is 1. The summed E-state index contributed by atoms with van der Waals surface area (Å²) in [7, 11) is 1.35. The van der Waals surface area contributed by atoms with E-state index in [4.69, 9.17) is 9.47 Å². The summed E-state index contributed by atoms with van der Waals surface area (Å²) >= 11 is 0. The first kappa shape index (κ1) is 20.0. The molecule has 1 aromatic rings. The van der Waals surface area contributed by atoms with Crippen LogP contribution in [0.25, 0.3) is 0 Å². The summed E-state index contributed by atoms with van der Waals surface area (Å²) in [4.78, 5) is 26.7. The summed E-state index contributed by atoms with van der Waals surface area (Å²) in [5, 5.41) is 0. The third-order valence-corrected chi connectivity index (χ3v) is 4.47. The van der Waals surface area contributed by atoms with Gasteiger partial charge in [0, 0.05) is 0 Å². The number of likely N-dealkylation sites (tertiary alicyclic amines) is 1. The fourth-order valence-corrected chi connectivity index (χ4v) is 3.45. The zero-order valence-corrected chi connectivity index (χ0v) is 16.3. The van der Waals surface area contributed by atoms with Gasteiger partial charge in [-0.1, -0.05) is 42.5 Å². The van der Waals surface area contributed by atoms with E-state index < -0.39 is 23.7 Å². The van der Waals surface area contributed by atoms with Crippen LogP contribution < -0.4 is 0 Å². The minimum Gasteiger partial charge on any atom is -0.467 e. The highest BCUT2D eigenvalue weighted by atomic mass is 16.6. The van der Waals surface area contributed by atoms with Gasteiger partial charge in [0.1, 0.15) is 11.6 Å². The molecule has 1 aliphatic heterocycles. The molecule has 0 saturated carbocycles. The molecule has 0 unspecified atom stereocenters. The Bertz CT molecular complexity index is 648. The first-order chi connectivity index (χ1) is 12.3. The van der Waals surface area contributed by atoms with Crippen molar-refractivity contribution in [2.24, 2.45) is 5.92 Å². The van der Waals surface area contributed by atoms with Crippen molar-refractivity contribution < 1.29 is 19.1 Å². The summed E-state index contributed by atoms with van der Waals surface area (Å²) in [6, 6.07) is 9.26. The Balaban J connectivity index is 2.33. The Hall–Kier alpha value is -2.30. The van der Waals surface area contributed by atoms with Crippen LogP contribution in [0.5, 0.6) is 0 Å². The van der Waals surface area contributed by atoms with Crippen LogP contribution in [0.1, 0.15) is 39.7 Å². The van der Waals surface area contributed by atoms with Crippen LogP contribution in [-0.2, 0) is 20.7 Å². The lowest BCUT2D eigenvalue weighted by molar-refractivity contribution is -0.146. The van der Waals surface area contributed by atoms with Crippen molar-refractivity contribution in [1.29, 1.82) is 0 Å². The average Bonchev–Trinajstić information content (AvgIpc) is 2.92. The number of benzene rings is 1. The van der Waals surface area contributed by atoms with Crippen molar-refractivity contribution in [3.8, 4) is 0 Å². The van der Waals surface area contributed by atoms with E-state index in [1.165, 1.54) is 12.7 Å². The predicted octanol–water partition coefficient (Wildman–Crippen LogP) is 3.97. The summed E-state index contributed by atoms with van der Waals surface area (Å²) in [5.74, 6) is -0.286. The minimum atomic E-state index is -0.634. The number of amides is 1. The van der Waals surface area contributed by atoms with Gasteiger partial charge in [-0.2, -0.15) is 0 Å². The topological polar surface area (TPSA) is 55.8 Å². The normalized spacial score (nSPS) is 23.3. The minimum absolute atomic E-state index is 0.116. The van der Waals surface area contributed by atoms with E-state index in [9.17, 15) is 9.59 Å². The highest BCUT2D eigenvalue weighted by Crippen LogP contribution is 2.35. The van der Waals surface area contributed by atoms with Crippen molar-refractivity contribution in [1.82, 2.24) is 4.90 Å². The molecule has 0 radical (unpaired) electrons. The summed E-state index contributed by atoms with van der Waals surface area (Å²) < 4.78 is 10.5. The second-order valence-corrected chi connectivity index (χ2v) is 7.63. The Morgan fingerprint density at radius 2 is 1.88 bits per heavy atom. The van der Waals surface area contributed by atoms with Crippen molar-refractivity contribution in [2.45, 2.75) is 58.2 Å². The zero-order valence-electron chi connectivity index (χ0n) is 16.3. The Morgan fingerprint density at radius 3 is 2.42 bits per heavy atom. The lowest BCUT2D eigenvalue weighted by atomic mass is 9.91. The highest BCUT2D eigenvalue weighted by Gasteiger charge is 2.47. The second kappa shape index (κ2) is 8.39. The molecule has 142 valence electrons. The molecule has 0 aliphatic carbocycles. The fourth-order valence-electron chi connectivity index (χ4n) is 3.45. The number of rotatable bonds is 4. The van der Waals surface area contributed by atoms with Crippen LogP contribution >= 0.6 is 0 Å². The molecule has 0 spiro atoms. The van der Waals surface area contributed by atoms with Gasteiger partial charge < -0.3 is 9.47 Å². The molecule has 1 aliphatic rings. The summed E-state index contributed by atoms with van der Waals surface area (Å²) in [6.45, 7) is 7.37. The van der Waals surface area contributed by atoms with E-state index in [2.05, 4.69) is 12.1 Å². The van der Waals surface area contributed by atoms with Gasteiger partial charge in [-0.25, -0.2) is 9.59 Å². The molecule has 1 saturated heterocycles. The van der Waals surface area contributed by atoms with Gasteiger partial charge in [0.15, 0.2) is 0 Å². The largest absolute Gasteiger partial charge is 0.467 e. The van der Waals surface area contributed by atoms with E-state index in [-0.39, 0.29) is 12.0 Å². The number of ether oxygens (including phenoxy) is 2. The molecule has 3 atom stereocenters. The molecule has 0 aromatic heterocycles. The monoisotopic (exact) mass is 359 g/mol. The molecule has 1 amide bonds. The highest BCUT2D eigenvalue weighted by molar-refractivity contribution is 5.82. The van der Waals surface area contributed by atoms with Gasteiger partial charge in [0.2, 0.25) is 0 Å². The number of carbonyl (C=O) groups excluding carboxylic acids is 2.